The third kappa shape index (κ3) is 4.45. The van der Waals surface area contributed by atoms with Gasteiger partial charge in [-0.3, -0.25) is 4.79 Å². The fourth-order valence-electron chi connectivity index (χ4n) is 4.50. The summed E-state index contributed by atoms with van der Waals surface area (Å²) in [6.45, 7) is 5.40. The summed E-state index contributed by atoms with van der Waals surface area (Å²) in [5, 5.41) is 13.3. The first kappa shape index (κ1) is 24.3. The number of nitriles is 1. The van der Waals surface area contributed by atoms with Crippen molar-refractivity contribution in [3.05, 3.63) is 96.8 Å². The van der Waals surface area contributed by atoms with Gasteiger partial charge in [-0.1, -0.05) is 36.9 Å². The highest BCUT2D eigenvalue weighted by Crippen LogP contribution is 2.43. The molecular formula is C30H24N6O2. The second-order valence-electron chi connectivity index (χ2n) is 8.69. The molecule has 0 aliphatic heterocycles. The summed E-state index contributed by atoms with van der Waals surface area (Å²) in [7, 11) is 1.90. The van der Waals surface area contributed by atoms with Crippen molar-refractivity contribution in [2.75, 3.05) is 11.1 Å². The lowest BCUT2D eigenvalue weighted by Crippen LogP contribution is -2.06. The van der Waals surface area contributed by atoms with Crippen LogP contribution in [0.4, 0.5) is 11.5 Å². The van der Waals surface area contributed by atoms with E-state index in [0.717, 1.165) is 28.1 Å². The number of nitrogens with two attached hydrogens (primary N) is 1. The lowest BCUT2D eigenvalue weighted by molar-refractivity contribution is -0.111. The molecule has 0 aliphatic rings. The Morgan fingerprint density at radius 1 is 1.11 bits per heavy atom. The molecule has 38 heavy (non-hydrogen) atoms. The molecule has 5 rings (SSSR count). The van der Waals surface area contributed by atoms with Crippen LogP contribution in [0.3, 0.4) is 0 Å². The number of anilines is 2. The van der Waals surface area contributed by atoms with E-state index < -0.39 is 0 Å². The average Bonchev–Trinajstić information content (AvgIpc) is 3.23. The van der Waals surface area contributed by atoms with Gasteiger partial charge in [-0.15, -0.1) is 0 Å². The van der Waals surface area contributed by atoms with Gasteiger partial charge >= 0.3 is 0 Å². The molecule has 0 spiro atoms. The zero-order valence-electron chi connectivity index (χ0n) is 20.9. The molecular weight excluding hydrogens is 476 g/mol. The van der Waals surface area contributed by atoms with Crippen molar-refractivity contribution >= 4 is 28.3 Å². The molecule has 8 nitrogen and oxygen atoms in total. The van der Waals surface area contributed by atoms with E-state index in [0.29, 0.717) is 39.6 Å². The van der Waals surface area contributed by atoms with E-state index in [9.17, 15) is 10.1 Å². The summed E-state index contributed by atoms with van der Waals surface area (Å²) < 4.78 is 7.89. The van der Waals surface area contributed by atoms with Crippen molar-refractivity contribution in [1.29, 1.82) is 5.26 Å². The number of aryl methyl sites for hydroxylation is 2. The average molecular weight is 501 g/mol. The SMILES string of the molecule is C=CC(=O)Nc1ccc(-c2c(-c3ccc(Oc4cccc(C)n4)cc3)c3c(N)ncc(C#N)c3n2C)cc1. The summed E-state index contributed by atoms with van der Waals surface area (Å²) in [6, 6.07) is 22.9. The lowest BCUT2D eigenvalue weighted by Gasteiger charge is -2.11. The van der Waals surface area contributed by atoms with E-state index in [1.165, 1.54) is 12.3 Å². The number of aromatic nitrogens is 3. The van der Waals surface area contributed by atoms with Crippen molar-refractivity contribution in [1.82, 2.24) is 14.5 Å². The van der Waals surface area contributed by atoms with Crippen LogP contribution in [0.1, 0.15) is 11.3 Å². The first-order valence-electron chi connectivity index (χ1n) is 11.8. The number of carbonyl (C=O) groups is 1. The number of rotatable bonds is 6. The Hall–Kier alpha value is -5.42. The van der Waals surface area contributed by atoms with Gasteiger partial charge in [-0.25, -0.2) is 9.97 Å². The van der Waals surface area contributed by atoms with E-state index in [4.69, 9.17) is 10.5 Å². The van der Waals surface area contributed by atoms with Crippen LogP contribution in [0.2, 0.25) is 0 Å². The number of fused-ring (bicyclic) bond motifs is 1. The Labute approximate surface area is 219 Å². The molecule has 3 N–H and O–H groups in total. The number of pyridine rings is 2. The Morgan fingerprint density at radius 2 is 1.82 bits per heavy atom. The first-order valence-corrected chi connectivity index (χ1v) is 11.8. The quantitative estimate of drug-likeness (QED) is 0.277. The maximum Gasteiger partial charge on any atom is 0.247 e. The van der Waals surface area contributed by atoms with E-state index >= 15 is 0 Å². The minimum Gasteiger partial charge on any atom is -0.439 e. The van der Waals surface area contributed by atoms with Gasteiger partial charge < -0.3 is 20.4 Å². The van der Waals surface area contributed by atoms with Gasteiger partial charge in [-0.05, 0) is 54.5 Å². The van der Waals surface area contributed by atoms with Crippen LogP contribution >= 0.6 is 0 Å². The largest absolute Gasteiger partial charge is 0.439 e. The molecule has 0 atom stereocenters. The monoisotopic (exact) mass is 500 g/mol. The summed E-state index contributed by atoms with van der Waals surface area (Å²) in [5.41, 5.74) is 12.5. The number of benzene rings is 2. The third-order valence-electron chi connectivity index (χ3n) is 6.20. The summed E-state index contributed by atoms with van der Waals surface area (Å²) in [6.07, 6.45) is 2.71. The van der Waals surface area contributed by atoms with Crippen LogP contribution in [-0.4, -0.2) is 20.4 Å². The van der Waals surface area contributed by atoms with Crippen molar-refractivity contribution in [3.8, 4) is 40.1 Å². The highest BCUT2D eigenvalue weighted by Gasteiger charge is 2.23. The zero-order valence-corrected chi connectivity index (χ0v) is 20.9. The molecule has 0 fully saturated rings. The van der Waals surface area contributed by atoms with Crippen LogP contribution in [0.5, 0.6) is 11.6 Å². The zero-order chi connectivity index (χ0) is 26.8. The standard InChI is InChI=1S/C30H24N6O2/c1-4-24(37)35-22-12-8-20(9-13-22)28-26(27-29(36(28)3)21(16-31)17-33-30(27)32)19-10-14-23(15-11-19)38-25-7-5-6-18(2)34-25/h4-15,17H,1H2,2-3H3,(H2,32,33)(H,35,37). The predicted octanol–water partition coefficient (Wildman–Crippen LogP) is 5.98. The molecule has 1 amide bonds. The molecule has 8 heteroatoms. The molecule has 0 saturated carbocycles. The lowest BCUT2D eigenvalue weighted by atomic mass is 9.98. The number of nitrogens with one attached hydrogen (secondary N) is 1. The normalized spacial score (nSPS) is 10.7. The maximum absolute atomic E-state index is 11.7. The van der Waals surface area contributed by atoms with Gasteiger partial charge in [0.25, 0.3) is 0 Å². The van der Waals surface area contributed by atoms with Crippen molar-refractivity contribution < 1.29 is 9.53 Å². The number of hydrogen-bond donors (Lipinski definition) is 2. The highest BCUT2D eigenvalue weighted by atomic mass is 16.5. The maximum atomic E-state index is 11.7. The van der Waals surface area contributed by atoms with Gasteiger partial charge in [0.2, 0.25) is 11.8 Å². The van der Waals surface area contributed by atoms with E-state index in [-0.39, 0.29) is 5.91 Å². The van der Waals surface area contributed by atoms with Crippen LogP contribution in [0, 0.1) is 18.3 Å². The summed E-state index contributed by atoms with van der Waals surface area (Å²) in [5.74, 6) is 1.19. The Kier molecular flexibility index (Phi) is 6.33. The number of nitrogens with zero attached hydrogens (tertiary/aromatic N) is 4. The van der Waals surface area contributed by atoms with Gasteiger partial charge in [0.05, 0.1) is 22.2 Å². The molecule has 5 aromatic rings. The number of carbonyl (C=O) groups excluding carboxylic acids is 1. The van der Waals surface area contributed by atoms with Gasteiger partial charge in [0.15, 0.2) is 0 Å². The summed E-state index contributed by atoms with van der Waals surface area (Å²) in [4.78, 5) is 20.4. The molecule has 0 aliphatic carbocycles. The molecule has 3 heterocycles. The predicted molar refractivity (Wildman–Crippen MR) is 149 cm³/mol. The van der Waals surface area contributed by atoms with Crippen LogP contribution in [0.15, 0.2) is 85.6 Å². The first-order chi connectivity index (χ1) is 18.4. The molecule has 3 aromatic heterocycles. The van der Waals surface area contributed by atoms with Crippen LogP contribution in [0.25, 0.3) is 33.3 Å². The van der Waals surface area contributed by atoms with Gasteiger partial charge in [0.1, 0.15) is 17.6 Å². The molecule has 0 saturated heterocycles. The Morgan fingerprint density at radius 3 is 2.47 bits per heavy atom. The Balaban J connectivity index is 1.65. The second kappa shape index (κ2) is 9.91. The minimum atomic E-state index is -0.288. The highest BCUT2D eigenvalue weighted by molar-refractivity contribution is 6.10. The van der Waals surface area contributed by atoms with Crippen molar-refractivity contribution in [2.45, 2.75) is 6.92 Å². The van der Waals surface area contributed by atoms with Crippen LogP contribution in [-0.2, 0) is 11.8 Å². The molecule has 186 valence electrons. The Bertz CT molecular complexity index is 1730. The van der Waals surface area contributed by atoms with E-state index in [1.807, 2.05) is 79.2 Å². The fraction of sp³-hybridized carbons (Fsp3) is 0.0667. The van der Waals surface area contributed by atoms with Crippen LogP contribution < -0.4 is 15.8 Å². The van der Waals surface area contributed by atoms with Crippen molar-refractivity contribution in [3.63, 3.8) is 0 Å². The topological polar surface area (TPSA) is 119 Å². The summed E-state index contributed by atoms with van der Waals surface area (Å²) >= 11 is 0. The molecule has 2 aromatic carbocycles. The van der Waals surface area contributed by atoms with Gasteiger partial charge in [0, 0.05) is 36.3 Å². The number of hydrogen-bond acceptors (Lipinski definition) is 6. The van der Waals surface area contributed by atoms with Crippen molar-refractivity contribution in [2.24, 2.45) is 7.05 Å². The molecule has 0 unspecified atom stereocenters. The molecule has 0 bridgehead atoms. The number of amides is 1. The van der Waals surface area contributed by atoms with Gasteiger partial charge in [-0.2, -0.15) is 5.26 Å². The van der Waals surface area contributed by atoms with E-state index in [1.54, 1.807) is 6.07 Å². The number of nitrogen functional groups attached to an aromatic ring is 1. The second-order valence-corrected chi connectivity index (χ2v) is 8.69. The number of ether oxygens (including phenoxy) is 1. The third-order valence-corrected chi connectivity index (χ3v) is 6.20. The minimum absolute atomic E-state index is 0.288. The fourth-order valence-corrected chi connectivity index (χ4v) is 4.50. The van der Waals surface area contributed by atoms with E-state index in [2.05, 4.69) is 27.9 Å². The smallest absolute Gasteiger partial charge is 0.247 e. The molecule has 0 radical (unpaired) electrons.